The van der Waals surface area contributed by atoms with Crippen molar-refractivity contribution < 1.29 is 0 Å². The number of nitriles is 1. The van der Waals surface area contributed by atoms with Gasteiger partial charge in [0.25, 0.3) is 0 Å². The number of aromatic nitrogens is 1. The highest BCUT2D eigenvalue weighted by Gasteiger charge is 2.11. The van der Waals surface area contributed by atoms with Crippen molar-refractivity contribution in [2.24, 2.45) is 0 Å². The van der Waals surface area contributed by atoms with Crippen molar-refractivity contribution in [1.82, 2.24) is 4.98 Å². The van der Waals surface area contributed by atoms with Crippen molar-refractivity contribution in [1.29, 1.82) is 5.26 Å². The molecule has 0 amide bonds. The Bertz CT molecular complexity index is 764. The number of hydrogen-bond donors (Lipinski definition) is 1. The van der Waals surface area contributed by atoms with Gasteiger partial charge in [-0.05, 0) is 56.4 Å². The predicted octanol–water partition coefficient (Wildman–Crippen LogP) is 4.44. The summed E-state index contributed by atoms with van der Waals surface area (Å²) in [6.07, 6.45) is 0.824. The molecule has 0 bridgehead atoms. The van der Waals surface area contributed by atoms with Crippen LogP contribution in [0.5, 0.6) is 0 Å². The fourth-order valence-electron chi connectivity index (χ4n) is 2.55. The molecule has 0 spiro atoms. The van der Waals surface area contributed by atoms with Crippen molar-refractivity contribution in [3.8, 4) is 6.07 Å². The molecule has 102 valence electrons. The largest absolute Gasteiger partial charge is 0.349 e. The van der Waals surface area contributed by atoms with Crippen LogP contribution in [-0.2, 0) is 6.42 Å². The van der Waals surface area contributed by atoms with E-state index in [-0.39, 0.29) is 0 Å². The van der Waals surface area contributed by atoms with E-state index in [1.165, 1.54) is 22.3 Å². The number of pyridine rings is 1. The second-order valence-corrected chi connectivity index (χ2v) is 5.68. The van der Waals surface area contributed by atoms with Gasteiger partial charge < -0.3 is 4.98 Å². The maximum Gasteiger partial charge on any atom is 0.121 e. The van der Waals surface area contributed by atoms with Gasteiger partial charge in [-0.1, -0.05) is 36.0 Å². The van der Waals surface area contributed by atoms with Crippen LogP contribution >= 0.6 is 12.2 Å². The molecule has 1 N–H and O–H groups in total. The van der Waals surface area contributed by atoms with Crippen molar-refractivity contribution in [3.63, 3.8) is 0 Å². The van der Waals surface area contributed by atoms with E-state index in [0.29, 0.717) is 10.2 Å². The minimum absolute atomic E-state index is 0.534. The monoisotopic (exact) mass is 282 g/mol. The Kier molecular flexibility index (Phi) is 4.06. The summed E-state index contributed by atoms with van der Waals surface area (Å²) in [6.45, 7) is 8.22. The highest BCUT2D eigenvalue weighted by Crippen LogP contribution is 2.22. The molecule has 1 aromatic heterocycles. The lowest BCUT2D eigenvalue weighted by Crippen LogP contribution is -2.03. The summed E-state index contributed by atoms with van der Waals surface area (Å²) in [4.78, 5) is 3.14. The third-order valence-corrected chi connectivity index (χ3v) is 4.09. The number of H-pyrrole nitrogens is 1. The molecule has 0 saturated carbocycles. The molecule has 0 radical (unpaired) electrons. The number of hydrogen-bond acceptors (Lipinski definition) is 2. The quantitative estimate of drug-likeness (QED) is 0.827. The molecule has 0 aliphatic rings. The molecule has 2 nitrogen and oxygen atoms in total. The average molecular weight is 282 g/mol. The Morgan fingerprint density at radius 2 is 1.90 bits per heavy atom. The van der Waals surface area contributed by atoms with E-state index in [1.54, 1.807) is 0 Å². The highest BCUT2D eigenvalue weighted by molar-refractivity contribution is 7.71. The van der Waals surface area contributed by atoms with Crippen LogP contribution in [0.3, 0.4) is 0 Å². The molecule has 0 saturated heterocycles. The fourth-order valence-corrected chi connectivity index (χ4v) is 2.90. The number of nitrogens with zero attached hydrogens (tertiary/aromatic N) is 1. The zero-order valence-corrected chi connectivity index (χ0v) is 13.1. The normalized spacial score (nSPS) is 10.3. The molecule has 2 aromatic rings. The Labute approximate surface area is 125 Å². The molecule has 1 heterocycles. The Hall–Kier alpha value is -1.92. The molecule has 2 rings (SSSR count). The average Bonchev–Trinajstić information content (AvgIpc) is 2.37. The van der Waals surface area contributed by atoms with Crippen LogP contribution in [-0.4, -0.2) is 4.98 Å². The maximum atomic E-state index is 9.24. The van der Waals surface area contributed by atoms with E-state index >= 15 is 0 Å². The number of rotatable bonds is 2. The van der Waals surface area contributed by atoms with Gasteiger partial charge in [0.05, 0.1) is 5.56 Å². The van der Waals surface area contributed by atoms with Gasteiger partial charge >= 0.3 is 0 Å². The van der Waals surface area contributed by atoms with Crippen LogP contribution in [0.25, 0.3) is 0 Å². The third-order valence-electron chi connectivity index (χ3n) is 3.79. The van der Waals surface area contributed by atoms with Crippen molar-refractivity contribution >= 4 is 12.2 Å². The number of aromatic amines is 1. The standard InChI is InChI=1S/C17H18N2S/c1-10-5-6-14(11(2)7-10)8-15-12(3)16(9-18)17(20)19-13(15)4/h5-7H,8H2,1-4H3,(H,19,20). The van der Waals surface area contributed by atoms with E-state index in [9.17, 15) is 5.26 Å². The van der Waals surface area contributed by atoms with Gasteiger partial charge in [-0.25, -0.2) is 0 Å². The van der Waals surface area contributed by atoms with Gasteiger partial charge in [0.15, 0.2) is 0 Å². The van der Waals surface area contributed by atoms with E-state index < -0.39 is 0 Å². The predicted molar refractivity (Wildman–Crippen MR) is 84.5 cm³/mol. The van der Waals surface area contributed by atoms with Crippen LogP contribution in [0.4, 0.5) is 0 Å². The van der Waals surface area contributed by atoms with Crippen molar-refractivity contribution in [2.45, 2.75) is 34.1 Å². The van der Waals surface area contributed by atoms with E-state index in [2.05, 4.69) is 43.1 Å². The number of aryl methyl sites for hydroxylation is 3. The lowest BCUT2D eigenvalue weighted by atomic mass is 9.94. The van der Waals surface area contributed by atoms with Gasteiger partial charge in [0, 0.05) is 5.69 Å². The fraction of sp³-hybridized carbons (Fsp3) is 0.294. The molecule has 0 unspecified atom stereocenters. The molecule has 0 aliphatic heterocycles. The summed E-state index contributed by atoms with van der Waals surface area (Å²) in [5, 5.41) is 9.24. The lowest BCUT2D eigenvalue weighted by Gasteiger charge is -2.13. The summed E-state index contributed by atoms with van der Waals surface area (Å²) in [7, 11) is 0. The van der Waals surface area contributed by atoms with E-state index in [0.717, 1.165) is 17.7 Å². The molecule has 20 heavy (non-hydrogen) atoms. The summed E-state index contributed by atoms with van der Waals surface area (Å²) in [5.74, 6) is 0. The Morgan fingerprint density at radius 1 is 1.20 bits per heavy atom. The van der Waals surface area contributed by atoms with Gasteiger partial charge in [-0.3, -0.25) is 0 Å². The second kappa shape index (κ2) is 5.60. The molecule has 3 heteroatoms. The lowest BCUT2D eigenvalue weighted by molar-refractivity contribution is 1.02. The van der Waals surface area contributed by atoms with Gasteiger partial charge in [-0.15, -0.1) is 0 Å². The van der Waals surface area contributed by atoms with E-state index in [1.807, 2.05) is 13.8 Å². The topological polar surface area (TPSA) is 39.6 Å². The third kappa shape index (κ3) is 2.66. The highest BCUT2D eigenvalue weighted by atomic mass is 32.1. The summed E-state index contributed by atoms with van der Waals surface area (Å²) >= 11 is 5.22. The summed E-state index contributed by atoms with van der Waals surface area (Å²) in [6, 6.07) is 8.69. The van der Waals surface area contributed by atoms with Crippen LogP contribution in [0, 0.1) is 43.7 Å². The van der Waals surface area contributed by atoms with Crippen LogP contribution in [0.1, 0.15) is 39.1 Å². The number of benzene rings is 1. The summed E-state index contributed by atoms with van der Waals surface area (Å²) in [5.41, 5.74) is 7.64. The SMILES string of the molecule is Cc1ccc(Cc2c(C)[nH]c(=S)c(C#N)c2C)c(C)c1. The van der Waals surface area contributed by atoms with E-state index in [4.69, 9.17) is 12.2 Å². The van der Waals surface area contributed by atoms with Gasteiger partial charge in [0.2, 0.25) is 0 Å². The molecule has 1 aromatic carbocycles. The smallest absolute Gasteiger partial charge is 0.121 e. The molecular formula is C17H18N2S. The molecule has 0 aliphatic carbocycles. The molecular weight excluding hydrogens is 264 g/mol. The minimum atomic E-state index is 0.534. The summed E-state index contributed by atoms with van der Waals surface area (Å²) < 4.78 is 0.534. The Morgan fingerprint density at radius 3 is 2.50 bits per heavy atom. The van der Waals surface area contributed by atoms with Gasteiger partial charge in [0.1, 0.15) is 10.7 Å². The molecule has 0 atom stereocenters. The van der Waals surface area contributed by atoms with Gasteiger partial charge in [-0.2, -0.15) is 5.26 Å². The van der Waals surface area contributed by atoms with Crippen molar-refractivity contribution in [3.05, 3.63) is 61.9 Å². The van der Waals surface area contributed by atoms with Crippen LogP contribution in [0.2, 0.25) is 0 Å². The van der Waals surface area contributed by atoms with Crippen molar-refractivity contribution in [2.75, 3.05) is 0 Å². The zero-order chi connectivity index (χ0) is 14.9. The molecule has 0 fully saturated rings. The van der Waals surface area contributed by atoms with Crippen LogP contribution < -0.4 is 0 Å². The Balaban J connectivity index is 2.54. The minimum Gasteiger partial charge on any atom is -0.349 e. The number of nitrogens with one attached hydrogen (secondary N) is 1. The first-order chi connectivity index (χ1) is 9.43. The first-order valence-corrected chi connectivity index (χ1v) is 7.03. The first-order valence-electron chi connectivity index (χ1n) is 6.62. The first kappa shape index (κ1) is 14.5. The second-order valence-electron chi connectivity index (χ2n) is 5.28. The zero-order valence-electron chi connectivity index (χ0n) is 12.3. The van der Waals surface area contributed by atoms with Crippen LogP contribution in [0.15, 0.2) is 18.2 Å². The maximum absolute atomic E-state index is 9.24.